The van der Waals surface area contributed by atoms with Crippen LogP contribution < -0.4 is 4.74 Å². The standard InChI is InChI=1S/C16H15NO2/c1-11-4-3-5-15(12(11)2)19-16-7-6-13(10-18)8-14(16)9-17/h3-8,18H,10H2,1-2H3. The van der Waals surface area contributed by atoms with E-state index in [0.717, 1.165) is 16.9 Å². The van der Waals surface area contributed by atoms with E-state index >= 15 is 0 Å². The number of ether oxygens (including phenoxy) is 1. The fraction of sp³-hybridized carbons (Fsp3) is 0.188. The van der Waals surface area contributed by atoms with Crippen LogP contribution in [0.2, 0.25) is 0 Å². The van der Waals surface area contributed by atoms with Gasteiger partial charge in [-0.1, -0.05) is 18.2 Å². The Hall–Kier alpha value is -2.31. The number of aliphatic hydroxyl groups is 1. The van der Waals surface area contributed by atoms with Crippen molar-refractivity contribution in [3.63, 3.8) is 0 Å². The summed E-state index contributed by atoms with van der Waals surface area (Å²) in [6.45, 7) is 3.92. The van der Waals surface area contributed by atoms with Crippen molar-refractivity contribution in [2.75, 3.05) is 0 Å². The van der Waals surface area contributed by atoms with Crippen LogP contribution in [-0.2, 0) is 6.61 Å². The zero-order valence-corrected chi connectivity index (χ0v) is 11.0. The molecule has 0 atom stereocenters. The van der Waals surface area contributed by atoms with E-state index in [4.69, 9.17) is 15.1 Å². The van der Waals surface area contributed by atoms with Gasteiger partial charge < -0.3 is 9.84 Å². The molecule has 0 aliphatic carbocycles. The summed E-state index contributed by atoms with van der Waals surface area (Å²) < 4.78 is 5.81. The first kappa shape index (κ1) is 13.1. The number of hydrogen-bond donors (Lipinski definition) is 1. The normalized spacial score (nSPS) is 10.0. The highest BCUT2D eigenvalue weighted by Gasteiger charge is 2.08. The van der Waals surface area contributed by atoms with Gasteiger partial charge in [0.05, 0.1) is 12.2 Å². The summed E-state index contributed by atoms with van der Waals surface area (Å²) in [5.41, 5.74) is 3.32. The molecule has 3 heteroatoms. The van der Waals surface area contributed by atoms with E-state index in [9.17, 15) is 0 Å². The fourth-order valence-electron chi connectivity index (χ4n) is 1.81. The molecule has 0 saturated carbocycles. The summed E-state index contributed by atoms with van der Waals surface area (Å²) >= 11 is 0. The molecule has 0 bridgehead atoms. The van der Waals surface area contributed by atoms with Crippen LogP contribution in [-0.4, -0.2) is 5.11 Å². The molecule has 0 aromatic heterocycles. The monoisotopic (exact) mass is 253 g/mol. The first-order valence-corrected chi connectivity index (χ1v) is 6.03. The lowest BCUT2D eigenvalue weighted by atomic mass is 10.1. The maximum absolute atomic E-state index is 9.13. The van der Waals surface area contributed by atoms with Gasteiger partial charge in [-0.15, -0.1) is 0 Å². The third-order valence-electron chi connectivity index (χ3n) is 3.12. The fourth-order valence-corrected chi connectivity index (χ4v) is 1.81. The van der Waals surface area contributed by atoms with Gasteiger partial charge in [0.2, 0.25) is 0 Å². The van der Waals surface area contributed by atoms with Crippen LogP contribution >= 0.6 is 0 Å². The number of nitriles is 1. The largest absolute Gasteiger partial charge is 0.456 e. The van der Waals surface area contributed by atoms with Crippen LogP contribution in [0.25, 0.3) is 0 Å². The SMILES string of the molecule is Cc1cccc(Oc2ccc(CO)cc2C#N)c1C. The number of rotatable bonds is 3. The smallest absolute Gasteiger partial charge is 0.145 e. The third-order valence-corrected chi connectivity index (χ3v) is 3.12. The minimum Gasteiger partial charge on any atom is -0.456 e. The van der Waals surface area contributed by atoms with E-state index in [2.05, 4.69) is 6.07 Å². The van der Waals surface area contributed by atoms with Gasteiger partial charge in [-0.25, -0.2) is 0 Å². The van der Waals surface area contributed by atoms with Gasteiger partial charge in [0.15, 0.2) is 0 Å². The Balaban J connectivity index is 2.39. The summed E-state index contributed by atoms with van der Waals surface area (Å²) in [4.78, 5) is 0. The van der Waals surface area contributed by atoms with Crippen LogP contribution in [0.3, 0.4) is 0 Å². The molecule has 19 heavy (non-hydrogen) atoms. The van der Waals surface area contributed by atoms with Gasteiger partial charge >= 0.3 is 0 Å². The summed E-state index contributed by atoms with van der Waals surface area (Å²) in [5.74, 6) is 1.25. The molecule has 0 unspecified atom stereocenters. The van der Waals surface area contributed by atoms with Crippen molar-refractivity contribution in [3.05, 3.63) is 58.7 Å². The van der Waals surface area contributed by atoms with E-state index in [1.54, 1.807) is 18.2 Å². The summed E-state index contributed by atoms with van der Waals surface area (Å²) in [6.07, 6.45) is 0. The average Bonchev–Trinajstić information content (AvgIpc) is 2.44. The zero-order valence-electron chi connectivity index (χ0n) is 11.0. The molecule has 96 valence electrons. The van der Waals surface area contributed by atoms with Crippen molar-refractivity contribution in [1.29, 1.82) is 5.26 Å². The van der Waals surface area contributed by atoms with Crippen LogP contribution in [0, 0.1) is 25.2 Å². The molecule has 0 radical (unpaired) electrons. The minimum absolute atomic E-state index is 0.0849. The van der Waals surface area contributed by atoms with Crippen molar-refractivity contribution in [1.82, 2.24) is 0 Å². The number of aliphatic hydroxyl groups excluding tert-OH is 1. The van der Waals surface area contributed by atoms with E-state index in [1.165, 1.54) is 0 Å². The minimum atomic E-state index is -0.0849. The lowest BCUT2D eigenvalue weighted by Gasteiger charge is -2.12. The third kappa shape index (κ3) is 2.75. The Morgan fingerprint density at radius 2 is 1.95 bits per heavy atom. The van der Waals surface area contributed by atoms with Gasteiger partial charge in [-0.2, -0.15) is 5.26 Å². The Kier molecular flexibility index (Phi) is 3.84. The molecule has 3 nitrogen and oxygen atoms in total. The van der Waals surface area contributed by atoms with E-state index in [0.29, 0.717) is 16.9 Å². The molecule has 0 aliphatic heterocycles. The summed E-state index contributed by atoms with van der Waals surface area (Å²) in [7, 11) is 0. The van der Waals surface area contributed by atoms with Crippen molar-refractivity contribution < 1.29 is 9.84 Å². The van der Waals surface area contributed by atoms with Crippen LogP contribution in [0.1, 0.15) is 22.3 Å². The van der Waals surface area contributed by atoms with Gasteiger partial charge in [-0.3, -0.25) is 0 Å². The number of nitrogens with zero attached hydrogens (tertiary/aromatic N) is 1. The van der Waals surface area contributed by atoms with Gasteiger partial charge in [0.1, 0.15) is 17.6 Å². The molecule has 2 aromatic carbocycles. The predicted molar refractivity (Wildman–Crippen MR) is 73.1 cm³/mol. The highest BCUT2D eigenvalue weighted by molar-refractivity contribution is 5.49. The lowest BCUT2D eigenvalue weighted by Crippen LogP contribution is -1.94. The van der Waals surface area contributed by atoms with Crippen LogP contribution in [0.15, 0.2) is 36.4 Å². The second-order valence-corrected chi connectivity index (χ2v) is 4.40. The molecular formula is C16H15NO2. The molecule has 2 rings (SSSR count). The average molecular weight is 253 g/mol. The zero-order chi connectivity index (χ0) is 13.8. The number of benzene rings is 2. The Morgan fingerprint density at radius 1 is 1.16 bits per heavy atom. The summed E-state index contributed by atoms with van der Waals surface area (Å²) in [5, 5.41) is 18.2. The number of aryl methyl sites for hydroxylation is 1. The number of hydrogen-bond acceptors (Lipinski definition) is 3. The van der Waals surface area contributed by atoms with Crippen molar-refractivity contribution in [2.24, 2.45) is 0 Å². The van der Waals surface area contributed by atoms with E-state index in [1.807, 2.05) is 32.0 Å². The van der Waals surface area contributed by atoms with Gasteiger partial charge in [-0.05, 0) is 48.7 Å². The maximum Gasteiger partial charge on any atom is 0.145 e. The van der Waals surface area contributed by atoms with Gasteiger partial charge in [0.25, 0.3) is 0 Å². The predicted octanol–water partition coefficient (Wildman–Crippen LogP) is 3.46. The van der Waals surface area contributed by atoms with E-state index < -0.39 is 0 Å². The first-order valence-electron chi connectivity index (χ1n) is 6.03. The molecule has 0 fully saturated rings. The molecule has 0 aliphatic rings. The molecule has 0 spiro atoms. The van der Waals surface area contributed by atoms with Crippen LogP contribution in [0.5, 0.6) is 11.5 Å². The van der Waals surface area contributed by atoms with Crippen molar-refractivity contribution >= 4 is 0 Å². The molecular weight excluding hydrogens is 238 g/mol. The Labute approximate surface area is 112 Å². The Morgan fingerprint density at radius 3 is 2.63 bits per heavy atom. The first-order chi connectivity index (χ1) is 9.15. The molecule has 2 aromatic rings. The lowest BCUT2D eigenvalue weighted by molar-refractivity contribution is 0.281. The molecule has 1 N–H and O–H groups in total. The second-order valence-electron chi connectivity index (χ2n) is 4.40. The van der Waals surface area contributed by atoms with E-state index in [-0.39, 0.29) is 6.61 Å². The molecule has 0 saturated heterocycles. The second kappa shape index (κ2) is 5.55. The van der Waals surface area contributed by atoms with Crippen molar-refractivity contribution in [2.45, 2.75) is 20.5 Å². The Bertz CT molecular complexity index is 642. The maximum atomic E-state index is 9.13. The quantitative estimate of drug-likeness (QED) is 0.911. The molecule has 0 heterocycles. The molecule has 0 amide bonds. The highest BCUT2D eigenvalue weighted by Crippen LogP contribution is 2.29. The van der Waals surface area contributed by atoms with Crippen molar-refractivity contribution in [3.8, 4) is 17.6 Å². The van der Waals surface area contributed by atoms with Crippen LogP contribution in [0.4, 0.5) is 0 Å². The highest BCUT2D eigenvalue weighted by atomic mass is 16.5. The topological polar surface area (TPSA) is 53.2 Å². The summed E-state index contributed by atoms with van der Waals surface area (Å²) in [6, 6.07) is 13.0. The van der Waals surface area contributed by atoms with Gasteiger partial charge in [0, 0.05) is 0 Å².